The van der Waals surface area contributed by atoms with Gasteiger partial charge in [0, 0.05) is 25.7 Å². The highest BCUT2D eigenvalue weighted by Crippen LogP contribution is 2.23. The van der Waals surface area contributed by atoms with Crippen molar-refractivity contribution >= 4 is 11.6 Å². The average molecular weight is 345 g/mol. The predicted molar refractivity (Wildman–Crippen MR) is 84.0 cm³/mol. The Morgan fingerprint density at radius 1 is 1.33 bits per heavy atom. The molecule has 4 nitrogen and oxygen atoms in total. The molecule has 0 unspecified atom stereocenters. The number of carbonyl (C=O) groups excluding carboxylic acids is 1. The molecule has 0 aromatic heterocycles. The first-order valence-corrected chi connectivity index (χ1v) is 7.13. The largest absolute Gasteiger partial charge is 0.433 e. The van der Waals surface area contributed by atoms with Crippen LogP contribution < -0.4 is 11.1 Å². The van der Waals surface area contributed by atoms with Gasteiger partial charge in [-0.1, -0.05) is 18.2 Å². The standard InChI is InChI=1S/C16H19F4N3O/c1-4-12(14(22-3)16(18,19)20)15(24)23-8-11-6-5-10(7-21)13(17)9(11)2/h4-6H,7-8,21H2,1-3H3,(H,23,24)/b12-4+,22-14?. The zero-order valence-corrected chi connectivity index (χ0v) is 13.6. The molecule has 1 aromatic rings. The third-order valence-corrected chi connectivity index (χ3v) is 3.52. The second kappa shape index (κ2) is 8.05. The summed E-state index contributed by atoms with van der Waals surface area (Å²) in [4.78, 5) is 15.2. The smallest absolute Gasteiger partial charge is 0.348 e. The molecule has 0 heterocycles. The van der Waals surface area contributed by atoms with Gasteiger partial charge in [0.25, 0.3) is 5.91 Å². The van der Waals surface area contributed by atoms with E-state index in [0.717, 1.165) is 13.1 Å². The van der Waals surface area contributed by atoms with Crippen molar-refractivity contribution in [3.63, 3.8) is 0 Å². The second-order valence-corrected chi connectivity index (χ2v) is 4.98. The van der Waals surface area contributed by atoms with Crippen molar-refractivity contribution in [1.29, 1.82) is 0 Å². The maximum Gasteiger partial charge on any atom is 0.433 e. The summed E-state index contributed by atoms with van der Waals surface area (Å²) in [5.41, 5.74) is 4.63. The Bertz CT molecular complexity index is 679. The van der Waals surface area contributed by atoms with Crippen LogP contribution in [0.1, 0.15) is 23.6 Å². The summed E-state index contributed by atoms with van der Waals surface area (Å²) >= 11 is 0. The zero-order chi connectivity index (χ0) is 18.5. The molecule has 0 bridgehead atoms. The minimum atomic E-state index is -4.74. The predicted octanol–water partition coefficient (Wildman–Crippen LogP) is 2.79. The van der Waals surface area contributed by atoms with Crippen LogP contribution in [0.2, 0.25) is 0 Å². The van der Waals surface area contributed by atoms with Crippen LogP contribution in [0.4, 0.5) is 17.6 Å². The Balaban J connectivity index is 2.95. The number of nitrogens with two attached hydrogens (primary N) is 1. The van der Waals surface area contributed by atoms with Gasteiger partial charge in [-0.15, -0.1) is 0 Å². The molecule has 0 aliphatic heterocycles. The molecule has 0 saturated heterocycles. The fourth-order valence-electron chi connectivity index (χ4n) is 2.18. The van der Waals surface area contributed by atoms with Gasteiger partial charge in [0.15, 0.2) is 5.71 Å². The number of rotatable bonds is 5. The van der Waals surface area contributed by atoms with Crippen molar-refractivity contribution in [2.24, 2.45) is 10.7 Å². The van der Waals surface area contributed by atoms with Crippen molar-refractivity contribution in [3.8, 4) is 0 Å². The van der Waals surface area contributed by atoms with Crippen LogP contribution in [-0.4, -0.2) is 24.8 Å². The van der Waals surface area contributed by atoms with Crippen LogP contribution in [-0.2, 0) is 17.9 Å². The van der Waals surface area contributed by atoms with Crippen molar-refractivity contribution < 1.29 is 22.4 Å². The number of amides is 1. The molecule has 0 aliphatic carbocycles. The lowest BCUT2D eigenvalue weighted by atomic mass is 10.0. The van der Waals surface area contributed by atoms with E-state index in [0.29, 0.717) is 16.7 Å². The first-order valence-electron chi connectivity index (χ1n) is 7.13. The van der Waals surface area contributed by atoms with Gasteiger partial charge in [0.1, 0.15) is 5.82 Å². The first kappa shape index (κ1) is 19.8. The van der Waals surface area contributed by atoms with Gasteiger partial charge >= 0.3 is 6.18 Å². The number of nitrogens with one attached hydrogen (secondary N) is 1. The van der Waals surface area contributed by atoms with E-state index >= 15 is 0 Å². The van der Waals surface area contributed by atoms with Gasteiger partial charge in [-0.3, -0.25) is 9.79 Å². The number of carbonyl (C=O) groups is 1. The number of halogens is 4. The summed E-state index contributed by atoms with van der Waals surface area (Å²) in [6.45, 7) is 2.75. The summed E-state index contributed by atoms with van der Waals surface area (Å²) in [5.74, 6) is -1.42. The molecule has 0 atom stereocenters. The molecule has 1 rings (SSSR count). The van der Waals surface area contributed by atoms with E-state index in [9.17, 15) is 22.4 Å². The molecule has 1 aromatic carbocycles. The lowest BCUT2D eigenvalue weighted by Crippen LogP contribution is -2.34. The highest BCUT2D eigenvalue weighted by molar-refractivity contribution is 6.23. The number of benzene rings is 1. The summed E-state index contributed by atoms with van der Waals surface area (Å²) in [6.07, 6.45) is -3.70. The van der Waals surface area contributed by atoms with E-state index in [1.807, 2.05) is 0 Å². The molecular weight excluding hydrogens is 326 g/mol. The lowest BCUT2D eigenvalue weighted by Gasteiger charge is -2.15. The molecular formula is C16H19F4N3O. The molecule has 1 amide bonds. The Kier molecular flexibility index (Phi) is 6.65. The summed E-state index contributed by atoms with van der Waals surface area (Å²) in [7, 11) is 0.963. The van der Waals surface area contributed by atoms with E-state index in [4.69, 9.17) is 5.73 Å². The van der Waals surface area contributed by atoms with Gasteiger partial charge in [0.2, 0.25) is 0 Å². The molecule has 0 fully saturated rings. The Hall–Kier alpha value is -2.22. The Labute approximate surface area is 137 Å². The normalized spacial score (nSPS) is 13.2. The monoisotopic (exact) mass is 345 g/mol. The number of hydrogen-bond acceptors (Lipinski definition) is 3. The molecule has 0 radical (unpaired) electrons. The first-order chi connectivity index (χ1) is 11.2. The maximum absolute atomic E-state index is 14.0. The van der Waals surface area contributed by atoms with Crippen LogP contribution in [0.5, 0.6) is 0 Å². The van der Waals surface area contributed by atoms with Crippen molar-refractivity contribution in [1.82, 2.24) is 5.32 Å². The number of hydrogen-bond donors (Lipinski definition) is 2. The second-order valence-electron chi connectivity index (χ2n) is 4.98. The third-order valence-electron chi connectivity index (χ3n) is 3.52. The number of nitrogens with zero attached hydrogens (tertiary/aromatic N) is 1. The molecule has 0 spiro atoms. The van der Waals surface area contributed by atoms with Gasteiger partial charge in [0.05, 0.1) is 5.57 Å². The van der Waals surface area contributed by atoms with Crippen LogP contribution >= 0.6 is 0 Å². The summed E-state index contributed by atoms with van der Waals surface area (Å²) < 4.78 is 52.6. The maximum atomic E-state index is 14.0. The highest BCUT2D eigenvalue weighted by atomic mass is 19.4. The fourth-order valence-corrected chi connectivity index (χ4v) is 2.18. The van der Waals surface area contributed by atoms with Gasteiger partial charge in [-0.2, -0.15) is 13.2 Å². The molecule has 0 saturated carbocycles. The van der Waals surface area contributed by atoms with E-state index in [-0.39, 0.29) is 13.1 Å². The number of allylic oxidation sites excluding steroid dienone is 1. The van der Waals surface area contributed by atoms with E-state index in [1.165, 1.54) is 19.9 Å². The lowest BCUT2D eigenvalue weighted by molar-refractivity contribution is -0.117. The van der Waals surface area contributed by atoms with Gasteiger partial charge in [-0.25, -0.2) is 4.39 Å². The molecule has 24 heavy (non-hydrogen) atoms. The van der Waals surface area contributed by atoms with Crippen molar-refractivity contribution in [2.45, 2.75) is 33.1 Å². The minimum absolute atomic E-state index is 0.0317. The average Bonchev–Trinajstić information content (AvgIpc) is 2.52. The quantitative estimate of drug-likeness (QED) is 0.490. The van der Waals surface area contributed by atoms with E-state index in [1.54, 1.807) is 6.07 Å². The summed E-state index contributed by atoms with van der Waals surface area (Å²) in [5, 5.41) is 2.36. The van der Waals surface area contributed by atoms with Gasteiger partial charge in [-0.05, 0) is 25.0 Å². The number of aliphatic imine (C=N–C) groups is 1. The zero-order valence-electron chi connectivity index (χ0n) is 13.6. The fraction of sp³-hybridized carbons (Fsp3) is 0.375. The van der Waals surface area contributed by atoms with Crippen LogP contribution in [0.15, 0.2) is 28.8 Å². The van der Waals surface area contributed by atoms with E-state index < -0.39 is 29.2 Å². The highest BCUT2D eigenvalue weighted by Gasteiger charge is 2.39. The summed E-state index contributed by atoms with van der Waals surface area (Å²) in [6, 6.07) is 3.06. The van der Waals surface area contributed by atoms with Crippen molar-refractivity contribution in [3.05, 3.63) is 46.3 Å². The third kappa shape index (κ3) is 4.41. The Morgan fingerprint density at radius 3 is 2.38 bits per heavy atom. The van der Waals surface area contributed by atoms with E-state index in [2.05, 4.69) is 10.3 Å². The number of alkyl halides is 3. The molecule has 132 valence electrons. The molecule has 3 N–H and O–H groups in total. The minimum Gasteiger partial charge on any atom is -0.348 e. The topological polar surface area (TPSA) is 67.5 Å². The van der Waals surface area contributed by atoms with Crippen LogP contribution in [0.25, 0.3) is 0 Å². The van der Waals surface area contributed by atoms with Crippen molar-refractivity contribution in [2.75, 3.05) is 7.05 Å². The SMILES string of the molecule is C/C=C(/C(=O)NCc1ccc(CN)c(F)c1C)C(=NC)C(F)(F)F. The van der Waals surface area contributed by atoms with Gasteiger partial charge < -0.3 is 11.1 Å². The Morgan fingerprint density at radius 2 is 1.92 bits per heavy atom. The molecule has 0 aliphatic rings. The van der Waals surface area contributed by atoms with Crippen LogP contribution in [0.3, 0.4) is 0 Å². The van der Waals surface area contributed by atoms with Crippen LogP contribution in [0, 0.1) is 12.7 Å². The molecule has 8 heteroatoms.